The third kappa shape index (κ3) is 3.26. The third-order valence-corrected chi connectivity index (χ3v) is 2.37. The smallest absolute Gasteiger partial charge is 0.166 e. The van der Waals surface area contributed by atoms with Gasteiger partial charge in [-0.3, -0.25) is 0 Å². The minimum atomic E-state index is 0.00604. The Morgan fingerprint density at radius 3 is 2.71 bits per heavy atom. The standard InChI is InChI=1S/C13H15N3O/c1-10(14)11-4-2-5-12(8-11)17-9-13-15-6-3-7-16-13/h2-8,10H,9,14H2,1H3/t10-/m1/s1. The number of nitrogens with two attached hydrogens (primary N) is 1. The molecule has 1 aromatic heterocycles. The first-order chi connectivity index (χ1) is 8.25. The molecule has 2 N–H and O–H groups in total. The lowest BCUT2D eigenvalue weighted by atomic mass is 10.1. The van der Waals surface area contributed by atoms with E-state index in [1.807, 2.05) is 31.2 Å². The molecule has 4 nitrogen and oxygen atoms in total. The Kier molecular flexibility index (Phi) is 3.67. The molecular formula is C13H15N3O. The largest absolute Gasteiger partial charge is 0.486 e. The van der Waals surface area contributed by atoms with Crippen molar-refractivity contribution in [3.8, 4) is 5.75 Å². The second-order valence-corrected chi connectivity index (χ2v) is 3.81. The molecule has 0 aliphatic rings. The highest BCUT2D eigenvalue weighted by Crippen LogP contribution is 2.18. The maximum Gasteiger partial charge on any atom is 0.166 e. The minimum absolute atomic E-state index is 0.00604. The second-order valence-electron chi connectivity index (χ2n) is 3.81. The fourth-order valence-electron chi connectivity index (χ4n) is 1.44. The topological polar surface area (TPSA) is 61.0 Å². The van der Waals surface area contributed by atoms with Crippen molar-refractivity contribution in [2.45, 2.75) is 19.6 Å². The molecule has 0 amide bonds. The number of hydrogen-bond donors (Lipinski definition) is 1. The Balaban J connectivity index is 2.02. The van der Waals surface area contributed by atoms with Crippen molar-refractivity contribution in [2.24, 2.45) is 5.73 Å². The van der Waals surface area contributed by atoms with E-state index in [0.717, 1.165) is 11.3 Å². The molecule has 4 heteroatoms. The van der Waals surface area contributed by atoms with Crippen molar-refractivity contribution in [1.29, 1.82) is 0 Å². The average molecular weight is 229 g/mol. The molecule has 0 fully saturated rings. The van der Waals surface area contributed by atoms with Gasteiger partial charge in [0.25, 0.3) is 0 Å². The van der Waals surface area contributed by atoms with Gasteiger partial charge in [-0.2, -0.15) is 0 Å². The summed E-state index contributed by atoms with van der Waals surface area (Å²) in [6.07, 6.45) is 3.40. The number of benzene rings is 1. The zero-order valence-electron chi connectivity index (χ0n) is 9.71. The first kappa shape index (κ1) is 11.5. The first-order valence-electron chi connectivity index (χ1n) is 5.50. The van der Waals surface area contributed by atoms with Crippen LogP contribution in [0.4, 0.5) is 0 Å². The molecule has 0 radical (unpaired) electrons. The number of hydrogen-bond acceptors (Lipinski definition) is 4. The molecule has 2 aromatic rings. The monoisotopic (exact) mass is 229 g/mol. The summed E-state index contributed by atoms with van der Waals surface area (Å²) in [4.78, 5) is 8.18. The Hall–Kier alpha value is -1.94. The van der Waals surface area contributed by atoms with E-state index in [2.05, 4.69) is 9.97 Å². The van der Waals surface area contributed by atoms with Crippen LogP contribution in [0.1, 0.15) is 24.4 Å². The molecule has 1 heterocycles. The van der Waals surface area contributed by atoms with Crippen LogP contribution in [-0.2, 0) is 6.61 Å². The fraction of sp³-hybridized carbons (Fsp3) is 0.231. The predicted molar refractivity (Wildman–Crippen MR) is 65.4 cm³/mol. The third-order valence-electron chi connectivity index (χ3n) is 2.37. The summed E-state index contributed by atoms with van der Waals surface area (Å²) in [5, 5.41) is 0. The molecule has 0 bridgehead atoms. The molecule has 17 heavy (non-hydrogen) atoms. The van der Waals surface area contributed by atoms with Crippen LogP contribution >= 0.6 is 0 Å². The lowest BCUT2D eigenvalue weighted by Gasteiger charge is -2.09. The normalized spacial score (nSPS) is 12.1. The Morgan fingerprint density at radius 2 is 2.00 bits per heavy atom. The van der Waals surface area contributed by atoms with Crippen LogP contribution in [0.25, 0.3) is 0 Å². The Morgan fingerprint density at radius 1 is 1.24 bits per heavy atom. The Labute approximate surface area is 100 Å². The molecular weight excluding hydrogens is 214 g/mol. The molecule has 0 aliphatic carbocycles. The molecule has 0 saturated heterocycles. The van der Waals surface area contributed by atoms with Gasteiger partial charge in [-0.1, -0.05) is 12.1 Å². The van der Waals surface area contributed by atoms with Crippen molar-refractivity contribution in [3.05, 3.63) is 54.1 Å². The number of aromatic nitrogens is 2. The van der Waals surface area contributed by atoms with Gasteiger partial charge in [0.1, 0.15) is 12.4 Å². The van der Waals surface area contributed by atoms with Crippen LogP contribution in [0.5, 0.6) is 5.75 Å². The van der Waals surface area contributed by atoms with E-state index in [4.69, 9.17) is 10.5 Å². The summed E-state index contributed by atoms with van der Waals surface area (Å²) >= 11 is 0. The van der Waals surface area contributed by atoms with Gasteiger partial charge in [0.05, 0.1) is 0 Å². The lowest BCUT2D eigenvalue weighted by Crippen LogP contribution is -2.05. The number of nitrogens with zero attached hydrogens (tertiary/aromatic N) is 2. The lowest BCUT2D eigenvalue weighted by molar-refractivity contribution is 0.295. The highest BCUT2D eigenvalue weighted by atomic mass is 16.5. The van der Waals surface area contributed by atoms with Crippen molar-refractivity contribution < 1.29 is 4.74 Å². The van der Waals surface area contributed by atoms with Crippen molar-refractivity contribution in [2.75, 3.05) is 0 Å². The van der Waals surface area contributed by atoms with Crippen molar-refractivity contribution in [3.63, 3.8) is 0 Å². The molecule has 1 atom stereocenters. The average Bonchev–Trinajstić information content (AvgIpc) is 2.38. The van der Waals surface area contributed by atoms with Crippen LogP contribution in [0, 0.1) is 0 Å². The molecule has 1 aromatic carbocycles. The summed E-state index contributed by atoms with van der Waals surface area (Å²) in [5.41, 5.74) is 6.86. The van der Waals surface area contributed by atoms with E-state index in [0.29, 0.717) is 12.4 Å². The highest BCUT2D eigenvalue weighted by Gasteiger charge is 2.02. The maximum atomic E-state index is 5.81. The molecule has 0 aliphatic heterocycles. The molecule has 2 rings (SSSR count). The van der Waals surface area contributed by atoms with E-state index in [1.165, 1.54) is 0 Å². The Bertz CT molecular complexity index is 471. The van der Waals surface area contributed by atoms with E-state index in [9.17, 15) is 0 Å². The van der Waals surface area contributed by atoms with Crippen LogP contribution in [0.2, 0.25) is 0 Å². The summed E-state index contributed by atoms with van der Waals surface area (Å²) < 4.78 is 5.60. The first-order valence-corrected chi connectivity index (χ1v) is 5.50. The van der Waals surface area contributed by atoms with E-state index in [1.54, 1.807) is 18.5 Å². The van der Waals surface area contributed by atoms with Gasteiger partial charge in [0.2, 0.25) is 0 Å². The van der Waals surface area contributed by atoms with Crippen LogP contribution in [-0.4, -0.2) is 9.97 Å². The van der Waals surface area contributed by atoms with E-state index >= 15 is 0 Å². The quantitative estimate of drug-likeness (QED) is 0.871. The minimum Gasteiger partial charge on any atom is -0.486 e. The zero-order valence-corrected chi connectivity index (χ0v) is 9.71. The van der Waals surface area contributed by atoms with Gasteiger partial charge in [-0.25, -0.2) is 9.97 Å². The van der Waals surface area contributed by atoms with Gasteiger partial charge in [-0.05, 0) is 30.7 Å². The van der Waals surface area contributed by atoms with Gasteiger partial charge in [0.15, 0.2) is 5.82 Å². The summed E-state index contributed by atoms with van der Waals surface area (Å²) in [6, 6.07) is 9.53. The van der Waals surface area contributed by atoms with Crippen molar-refractivity contribution in [1.82, 2.24) is 9.97 Å². The molecule has 0 unspecified atom stereocenters. The maximum absolute atomic E-state index is 5.81. The summed E-state index contributed by atoms with van der Waals surface area (Å²) in [7, 11) is 0. The number of ether oxygens (including phenoxy) is 1. The van der Waals surface area contributed by atoms with Gasteiger partial charge < -0.3 is 10.5 Å². The molecule has 0 spiro atoms. The van der Waals surface area contributed by atoms with E-state index < -0.39 is 0 Å². The summed E-state index contributed by atoms with van der Waals surface area (Å²) in [6.45, 7) is 2.31. The molecule has 88 valence electrons. The summed E-state index contributed by atoms with van der Waals surface area (Å²) in [5.74, 6) is 1.45. The highest BCUT2D eigenvalue weighted by molar-refractivity contribution is 5.30. The number of rotatable bonds is 4. The predicted octanol–water partition coefficient (Wildman–Crippen LogP) is 2.08. The van der Waals surface area contributed by atoms with Crippen LogP contribution in [0.3, 0.4) is 0 Å². The van der Waals surface area contributed by atoms with E-state index in [-0.39, 0.29) is 6.04 Å². The second kappa shape index (κ2) is 5.41. The van der Waals surface area contributed by atoms with Crippen LogP contribution in [0.15, 0.2) is 42.7 Å². The van der Waals surface area contributed by atoms with Crippen molar-refractivity contribution >= 4 is 0 Å². The SMILES string of the molecule is C[C@@H](N)c1cccc(OCc2ncccn2)c1. The van der Waals surface area contributed by atoms with Crippen LogP contribution < -0.4 is 10.5 Å². The van der Waals surface area contributed by atoms with Gasteiger partial charge in [0, 0.05) is 18.4 Å². The van der Waals surface area contributed by atoms with Gasteiger partial charge >= 0.3 is 0 Å². The fourth-order valence-corrected chi connectivity index (χ4v) is 1.44. The molecule has 0 saturated carbocycles. The van der Waals surface area contributed by atoms with Gasteiger partial charge in [-0.15, -0.1) is 0 Å². The zero-order chi connectivity index (χ0) is 12.1.